The SMILES string of the molecule is CCOc1cc(-c2cc(F)cc(F)c2)c[nH]c1=O. The van der Waals surface area contributed by atoms with Crippen LogP contribution >= 0.6 is 0 Å². The highest BCUT2D eigenvalue weighted by molar-refractivity contribution is 5.63. The van der Waals surface area contributed by atoms with E-state index >= 15 is 0 Å². The molecule has 0 atom stereocenters. The van der Waals surface area contributed by atoms with Crippen molar-refractivity contribution in [3.05, 3.63) is 52.5 Å². The van der Waals surface area contributed by atoms with Crippen molar-refractivity contribution in [2.45, 2.75) is 6.92 Å². The summed E-state index contributed by atoms with van der Waals surface area (Å²) in [6.45, 7) is 2.08. The van der Waals surface area contributed by atoms with Gasteiger partial charge in [0.1, 0.15) is 11.6 Å². The third-order valence-electron chi connectivity index (χ3n) is 2.36. The number of hydrogen-bond donors (Lipinski definition) is 1. The predicted octanol–water partition coefficient (Wildman–Crippen LogP) is 2.72. The topological polar surface area (TPSA) is 42.1 Å². The van der Waals surface area contributed by atoms with Crippen LogP contribution in [0.1, 0.15) is 6.92 Å². The minimum absolute atomic E-state index is 0.125. The van der Waals surface area contributed by atoms with Gasteiger partial charge in [-0.3, -0.25) is 4.79 Å². The van der Waals surface area contributed by atoms with Crippen LogP contribution in [0.25, 0.3) is 11.1 Å². The van der Waals surface area contributed by atoms with E-state index in [-0.39, 0.29) is 11.3 Å². The Morgan fingerprint density at radius 2 is 1.78 bits per heavy atom. The Kier molecular flexibility index (Phi) is 3.41. The van der Waals surface area contributed by atoms with Gasteiger partial charge in [-0.05, 0) is 30.7 Å². The quantitative estimate of drug-likeness (QED) is 0.911. The Hall–Kier alpha value is -2.17. The fraction of sp³-hybridized carbons (Fsp3) is 0.154. The van der Waals surface area contributed by atoms with E-state index in [1.807, 2.05) is 0 Å². The summed E-state index contributed by atoms with van der Waals surface area (Å²) < 4.78 is 31.3. The van der Waals surface area contributed by atoms with E-state index in [4.69, 9.17) is 4.74 Å². The molecule has 0 fully saturated rings. The smallest absolute Gasteiger partial charge is 0.290 e. The van der Waals surface area contributed by atoms with Gasteiger partial charge >= 0.3 is 0 Å². The molecule has 1 aromatic heterocycles. The molecule has 0 radical (unpaired) electrons. The van der Waals surface area contributed by atoms with Gasteiger partial charge in [-0.1, -0.05) is 0 Å². The molecule has 0 saturated carbocycles. The summed E-state index contributed by atoms with van der Waals surface area (Å²) >= 11 is 0. The van der Waals surface area contributed by atoms with Crippen LogP contribution in [0.15, 0.2) is 35.3 Å². The van der Waals surface area contributed by atoms with Crippen LogP contribution in [0.3, 0.4) is 0 Å². The molecule has 0 unspecified atom stereocenters. The van der Waals surface area contributed by atoms with Crippen molar-refractivity contribution in [3.63, 3.8) is 0 Å². The van der Waals surface area contributed by atoms with E-state index in [0.29, 0.717) is 17.7 Å². The average Bonchev–Trinajstić information content (AvgIpc) is 2.31. The van der Waals surface area contributed by atoms with Crippen molar-refractivity contribution >= 4 is 0 Å². The van der Waals surface area contributed by atoms with Gasteiger partial charge in [0.2, 0.25) is 0 Å². The fourth-order valence-corrected chi connectivity index (χ4v) is 1.61. The first kappa shape index (κ1) is 12.3. The molecule has 3 nitrogen and oxygen atoms in total. The lowest BCUT2D eigenvalue weighted by Crippen LogP contribution is -2.10. The maximum atomic E-state index is 13.1. The maximum absolute atomic E-state index is 13.1. The number of hydrogen-bond acceptors (Lipinski definition) is 2. The zero-order valence-electron chi connectivity index (χ0n) is 9.67. The molecule has 2 rings (SSSR count). The molecule has 1 heterocycles. The Labute approximate surface area is 102 Å². The van der Waals surface area contributed by atoms with E-state index in [1.165, 1.54) is 24.4 Å². The first-order valence-electron chi connectivity index (χ1n) is 5.42. The fourth-order valence-electron chi connectivity index (χ4n) is 1.61. The van der Waals surface area contributed by atoms with Gasteiger partial charge in [-0.15, -0.1) is 0 Å². The van der Waals surface area contributed by atoms with Gasteiger partial charge in [-0.25, -0.2) is 8.78 Å². The second-order valence-corrected chi connectivity index (χ2v) is 3.67. The molecular formula is C13H11F2NO2. The van der Waals surface area contributed by atoms with Gasteiger partial charge in [0.15, 0.2) is 5.75 Å². The summed E-state index contributed by atoms with van der Waals surface area (Å²) in [7, 11) is 0. The zero-order chi connectivity index (χ0) is 13.1. The Morgan fingerprint density at radius 1 is 1.11 bits per heavy atom. The summed E-state index contributed by atoms with van der Waals surface area (Å²) in [5.41, 5.74) is 0.443. The van der Waals surface area contributed by atoms with Crippen LogP contribution < -0.4 is 10.3 Å². The summed E-state index contributed by atoms with van der Waals surface area (Å²) in [5, 5.41) is 0. The van der Waals surface area contributed by atoms with E-state index in [2.05, 4.69) is 4.98 Å². The summed E-state index contributed by atoms with van der Waals surface area (Å²) in [4.78, 5) is 13.9. The molecular weight excluding hydrogens is 240 g/mol. The number of nitrogens with one attached hydrogen (secondary N) is 1. The lowest BCUT2D eigenvalue weighted by atomic mass is 10.1. The van der Waals surface area contributed by atoms with Gasteiger partial charge in [-0.2, -0.15) is 0 Å². The number of H-pyrrole nitrogens is 1. The van der Waals surface area contributed by atoms with E-state index < -0.39 is 11.6 Å². The molecule has 5 heteroatoms. The summed E-state index contributed by atoms with van der Waals surface area (Å²) in [5.74, 6) is -1.22. The maximum Gasteiger partial charge on any atom is 0.290 e. The monoisotopic (exact) mass is 251 g/mol. The molecule has 0 amide bonds. The van der Waals surface area contributed by atoms with Crippen LogP contribution in [-0.2, 0) is 0 Å². The summed E-state index contributed by atoms with van der Waals surface area (Å²) in [6.07, 6.45) is 1.39. The Morgan fingerprint density at radius 3 is 2.39 bits per heavy atom. The zero-order valence-corrected chi connectivity index (χ0v) is 9.67. The highest BCUT2D eigenvalue weighted by atomic mass is 19.1. The molecule has 94 valence electrons. The largest absolute Gasteiger partial charge is 0.488 e. The van der Waals surface area contributed by atoms with E-state index in [0.717, 1.165) is 6.07 Å². The average molecular weight is 251 g/mol. The first-order chi connectivity index (χ1) is 8.60. The third-order valence-corrected chi connectivity index (χ3v) is 2.36. The molecule has 2 aromatic rings. The second-order valence-electron chi connectivity index (χ2n) is 3.67. The van der Waals surface area contributed by atoms with Crippen molar-refractivity contribution in [1.29, 1.82) is 0 Å². The van der Waals surface area contributed by atoms with Crippen molar-refractivity contribution in [2.75, 3.05) is 6.61 Å². The summed E-state index contributed by atoms with van der Waals surface area (Å²) in [6, 6.07) is 4.62. The van der Waals surface area contributed by atoms with Crippen molar-refractivity contribution in [3.8, 4) is 16.9 Å². The normalized spacial score (nSPS) is 10.4. The molecule has 0 saturated heterocycles. The number of aromatic amines is 1. The first-order valence-corrected chi connectivity index (χ1v) is 5.42. The standard InChI is InChI=1S/C13H11F2NO2/c1-2-18-12-5-9(7-16-13(12)17)8-3-10(14)6-11(15)4-8/h3-7H,2H2,1H3,(H,16,17). The van der Waals surface area contributed by atoms with Crippen molar-refractivity contribution in [1.82, 2.24) is 4.98 Å². The molecule has 0 aliphatic rings. The van der Waals surface area contributed by atoms with Crippen molar-refractivity contribution < 1.29 is 13.5 Å². The molecule has 0 aliphatic heterocycles. The van der Waals surface area contributed by atoms with Crippen LogP contribution in [-0.4, -0.2) is 11.6 Å². The highest BCUT2D eigenvalue weighted by Gasteiger charge is 2.07. The molecule has 0 spiro atoms. The minimum Gasteiger partial charge on any atom is -0.488 e. The molecule has 0 bridgehead atoms. The Bertz CT molecular complexity index is 602. The van der Waals surface area contributed by atoms with E-state index in [1.54, 1.807) is 6.92 Å². The predicted molar refractivity (Wildman–Crippen MR) is 63.6 cm³/mol. The van der Waals surface area contributed by atoms with Crippen LogP contribution in [0.4, 0.5) is 8.78 Å². The number of aromatic nitrogens is 1. The number of rotatable bonds is 3. The van der Waals surface area contributed by atoms with Gasteiger partial charge < -0.3 is 9.72 Å². The van der Waals surface area contributed by atoms with Crippen LogP contribution in [0, 0.1) is 11.6 Å². The molecule has 0 aliphatic carbocycles. The van der Waals surface area contributed by atoms with Gasteiger partial charge in [0.05, 0.1) is 6.61 Å². The van der Waals surface area contributed by atoms with Gasteiger partial charge in [0.25, 0.3) is 5.56 Å². The number of ether oxygens (including phenoxy) is 1. The van der Waals surface area contributed by atoms with Gasteiger partial charge in [0, 0.05) is 17.8 Å². The van der Waals surface area contributed by atoms with Crippen LogP contribution in [0.2, 0.25) is 0 Å². The third kappa shape index (κ3) is 2.56. The Balaban J connectivity index is 2.50. The molecule has 18 heavy (non-hydrogen) atoms. The number of pyridine rings is 1. The van der Waals surface area contributed by atoms with E-state index in [9.17, 15) is 13.6 Å². The number of benzene rings is 1. The number of halogens is 2. The lowest BCUT2D eigenvalue weighted by molar-refractivity contribution is 0.335. The second kappa shape index (κ2) is 5.00. The highest BCUT2D eigenvalue weighted by Crippen LogP contribution is 2.22. The lowest BCUT2D eigenvalue weighted by Gasteiger charge is -2.06. The molecule has 1 N–H and O–H groups in total. The minimum atomic E-state index is -0.672. The molecule has 1 aromatic carbocycles. The van der Waals surface area contributed by atoms with Crippen molar-refractivity contribution in [2.24, 2.45) is 0 Å². The van der Waals surface area contributed by atoms with Crippen LogP contribution in [0.5, 0.6) is 5.75 Å².